The number of amides is 2. The number of aromatic nitrogens is 1. The molecule has 1 N–H and O–H groups in total. The van der Waals surface area contributed by atoms with Crippen LogP contribution in [-0.2, 0) is 10.3 Å². The Balaban J connectivity index is 1.58. The number of nitrogens with one attached hydrogen (secondary N) is 1. The smallest absolute Gasteiger partial charge is 0.414 e. The second-order valence-corrected chi connectivity index (χ2v) is 9.47. The molecule has 0 spiro atoms. The van der Waals surface area contributed by atoms with Crippen molar-refractivity contribution in [2.75, 3.05) is 11.4 Å². The number of hydrogen-bond acceptors (Lipinski definition) is 4. The summed E-state index contributed by atoms with van der Waals surface area (Å²) in [5.41, 5.74) is 1.72. The number of halogens is 1. The molecule has 1 aromatic carbocycles. The van der Waals surface area contributed by atoms with Crippen LogP contribution in [0.15, 0.2) is 36.4 Å². The quantitative estimate of drug-likeness (QED) is 0.760. The number of carbonyl (C=O) groups excluding carboxylic acids is 2. The monoisotopic (exact) mass is 425 g/mol. The van der Waals surface area contributed by atoms with Gasteiger partial charge in [-0.2, -0.15) is 0 Å². The van der Waals surface area contributed by atoms with Crippen LogP contribution in [0.25, 0.3) is 0 Å². The van der Waals surface area contributed by atoms with Gasteiger partial charge in [0.15, 0.2) is 0 Å². The first-order chi connectivity index (χ1) is 14.6. The summed E-state index contributed by atoms with van der Waals surface area (Å²) in [4.78, 5) is 31.9. The van der Waals surface area contributed by atoms with Gasteiger partial charge in [-0.25, -0.2) is 9.18 Å². The van der Waals surface area contributed by atoms with Gasteiger partial charge in [0.1, 0.15) is 11.4 Å². The molecule has 1 fully saturated rings. The molecule has 0 radical (unpaired) electrons. The van der Waals surface area contributed by atoms with Gasteiger partial charge in [-0.15, -0.1) is 0 Å². The zero-order valence-corrected chi connectivity index (χ0v) is 18.4. The molecule has 2 heterocycles. The SMILES string of the molecule is C[C@H]1CCN(C(=O)OC(C)(C)C)c2ccc(C3(NC(=O)c4ccc(F)cc4)CC3)nc21. The Bertz CT molecular complexity index is 1010. The van der Waals surface area contributed by atoms with E-state index in [-0.39, 0.29) is 23.7 Å². The normalized spacial score (nSPS) is 19.4. The molecule has 2 amide bonds. The Morgan fingerprint density at radius 1 is 1.16 bits per heavy atom. The van der Waals surface area contributed by atoms with Gasteiger partial charge in [-0.05, 0) is 76.4 Å². The van der Waals surface area contributed by atoms with E-state index in [9.17, 15) is 14.0 Å². The zero-order valence-electron chi connectivity index (χ0n) is 18.4. The van der Waals surface area contributed by atoms with Crippen LogP contribution >= 0.6 is 0 Å². The lowest BCUT2D eigenvalue weighted by Crippen LogP contribution is -2.41. The third kappa shape index (κ3) is 4.40. The molecule has 164 valence electrons. The highest BCUT2D eigenvalue weighted by Gasteiger charge is 2.48. The Labute approximate surface area is 181 Å². The van der Waals surface area contributed by atoms with Crippen molar-refractivity contribution in [1.82, 2.24) is 10.3 Å². The van der Waals surface area contributed by atoms with Gasteiger partial charge in [-0.1, -0.05) is 6.92 Å². The molecule has 0 bridgehead atoms. The van der Waals surface area contributed by atoms with Gasteiger partial charge in [-0.3, -0.25) is 14.7 Å². The lowest BCUT2D eigenvalue weighted by molar-refractivity contribution is 0.0576. The van der Waals surface area contributed by atoms with E-state index in [0.29, 0.717) is 12.1 Å². The summed E-state index contributed by atoms with van der Waals surface area (Å²) >= 11 is 0. The van der Waals surface area contributed by atoms with Crippen molar-refractivity contribution in [3.05, 3.63) is 59.2 Å². The predicted molar refractivity (Wildman–Crippen MR) is 116 cm³/mol. The van der Waals surface area contributed by atoms with E-state index in [1.54, 1.807) is 4.90 Å². The van der Waals surface area contributed by atoms with Crippen molar-refractivity contribution < 1.29 is 18.7 Å². The molecule has 1 aliphatic heterocycles. The number of nitrogens with zero attached hydrogens (tertiary/aromatic N) is 2. The maximum absolute atomic E-state index is 13.2. The fourth-order valence-corrected chi connectivity index (χ4v) is 3.87. The minimum Gasteiger partial charge on any atom is -0.443 e. The summed E-state index contributed by atoms with van der Waals surface area (Å²) in [6.45, 7) is 8.22. The third-order valence-electron chi connectivity index (χ3n) is 5.76. The van der Waals surface area contributed by atoms with E-state index >= 15 is 0 Å². The van der Waals surface area contributed by atoms with E-state index in [1.807, 2.05) is 32.9 Å². The highest BCUT2D eigenvalue weighted by atomic mass is 19.1. The largest absolute Gasteiger partial charge is 0.443 e. The maximum atomic E-state index is 13.2. The highest BCUT2D eigenvalue weighted by Crippen LogP contribution is 2.46. The Morgan fingerprint density at radius 3 is 2.45 bits per heavy atom. The first kappa shape index (κ1) is 21.3. The number of anilines is 1. The summed E-state index contributed by atoms with van der Waals surface area (Å²) in [6.07, 6.45) is 1.99. The van der Waals surface area contributed by atoms with Crippen molar-refractivity contribution in [3.63, 3.8) is 0 Å². The molecule has 1 saturated carbocycles. The molecule has 0 saturated heterocycles. The van der Waals surface area contributed by atoms with E-state index < -0.39 is 11.1 Å². The van der Waals surface area contributed by atoms with E-state index in [0.717, 1.165) is 36.3 Å². The summed E-state index contributed by atoms with van der Waals surface area (Å²) in [5, 5.41) is 3.08. The second kappa shape index (κ2) is 7.62. The number of rotatable bonds is 3. The maximum Gasteiger partial charge on any atom is 0.414 e. The standard InChI is InChI=1S/C24H28FN3O3/c1-15-11-14-28(22(30)31-23(2,3)4)18-9-10-19(26-20(15)18)24(12-13-24)27-21(29)16-5-7-17(25)8-6-16/h5-10,15H,11-14H2,1-4H3,(H,27,29)/t15-/m0/s1. The van der Waals surface area contributed by atoms with Crippen molar-refractivity contribution in [2.24, 2.45) is 0 Å². The molecule has 2 aliphatic rings. The zero-order chi connectivity index (χ0) is 22.4. The van der Waals surface area contributed by atoms with Gasteiger partial charge in [0.25, 0.3) is 5.91 Å². The van der Waals surface area contributed by atoms with Crippen LogP contribution in [0.4, 0.5) is 14.9 Å². The van der Waals surface area contributed by atoms with E-state index in [1.165, 1.54) is 24.3 Å². The van der Waals surface area contributed by atoms with E-state index in [2.05, 4.69) is 12.2 Å². The van der Waals surface area contributed by atoms with Gasteiger partial charge in [0.2, 0.25) is 0 Å². The van der Waals surface area contributed by atoms with Crippen molar-refractivity contribution in [2.45, 2.75) is 64.0 Å². The molecule has 1 aromatic heterocycles. The fraction of sp³-hybridized carbons (Fsp3) is 0.458. The number of pyridine rings is 1. The van der Waals surface area contributed by atoms with Crippen LogP contribution in [0.3, 0.4) is 0 Å². The highest BCUT2D eigenvalue weighted by molar-refractivity contribution is 5.95. The molecule has 1 aliphatic carbocycles. The molecule has 7 heteroatoms. The number of carbonyl (C=O) groups is 2. The molecule has 1 atom stereocenters. The lowest BCUT2D eigenvalue weighted by atomic mass is 9.95. The topological polar surface area (TPSA) is 71.5 Å². The first-order valence-electron chi connectivity index (χ1n) is 10.7. The summed E-state index contributed by atoms with van der Waals surface area (Å²) < 4.78 is 18.7. The molecule has 6 nitrogen and oxygen atoms in total. The third-order valence-corrected chi connectivity index (χ3v) is 5.76. The van der Waals surface area contributed by atoms with Crippen LogP contribution in [-0.4, -0.2) is 29.1 Å². The molecule has 4 rings (SSSR count). The minimum atomic E-state index is -0.573. The number of hydrogen-bond donors (Lipinski definition) is 1. The lowest BCUT2D eigenvalue weighted by Gasteiger charge is -2.34. The average molecular weight is 426 g/mol. The number of ether oxygens (including phenoxy) is 1. The minimum absolute atomic E-state index is 0.192. The van der Waals surface area contributed by atoms with Crippen LogP contribution in [0.2, 0.25) is 0 Å². The van der Waals surface area contributed by atoms with Crippen LogP contribution in [0.5, 0.6) is 0 Å². The second-order valence-electron chi connectivity index (χ2n) is 9.47. The van der Waals surface area contributed by atoms with Crippen molar-refractivity contribution in [3.8, 4) is 0 Å². The molecular weight excluding hydrogens is 397 g/mol. The Kier molecular flexibility index (Phi) is 5.23. The van der Waals surface area contributed by atoms with Gasteiger partial charge < -0.3 is 10.1 Å². The predicted octanol–water partition coefficient (Wildman–Crippen LogP) is 4.89. The van der Waals surface area contributed by atoms with Gasteiger partial charge in [0.05, 0.1) is 22.6 Å². The van der Waals surface area contributed by atoms with Crippen LogP contribution in [0, 0.1) is 5.82 Å². The molecule has 2 aromatic rings. The summed E-state index contributed by atoms with van der Waals surface area (Å²) in [6, 6.07) is 9.29. The molecular formula is C24H28FN3O3. The molecule has 0 unspecified atom stereocenters. The molecule has 31 heavy (non-hydrogen) atoms. The average Bonchev–Trinajstić information content (AvgIpc) is 3.48. The van der Waals surface area contributed by atoms with Crippen molar-refractivity contribution >= 4 is 17.7 Å². The Hall–Kier alpha value is -2.96. The van der Waals surface area contributed by atoms with Gasteiger partial charge in [0, 0.05) is 18.0 Å². The van der Waals surface area contributed by atoms with E-state index in [4.69, 9.17) is 9.72 Å². The summed E-state index contributed by atoms with van der Waals surface area (Å²) in [5.74, 6) is -0.435. The van der Waals surface area contributed by atoms with Crippen molar-refractivity contribution in [1.29, 1.82) is 0 Å². The van der Waals surface area contributed by atoms with Crippen LogP contribution in [0.1, 0.15) is 74.6 Å². The van der Waals surface area contributed by atoms with Gasteiger partial charge >= 0.3 is 6.09 Å². The summed E-state index contributed by atoms with van der Waals surface area (Å²) in [7, 11) is 0. The van der Waals surface area contributed by atoms with Crippen LogP contribution < -0.4 is 10.2 Å². The first-order valence-corrected chi connectivity index (χ1v) is 10.7. The number of fused-ring (bicyclic) bond motifs is 1. The number of benzene rings is 1. The fourth-order valence-electron chi connectivity index (χ4n) is 3.87. The Morgan fingerprint density at radius 2 is 1.84 bits per heavy atom.